The number of benzene rings is 3. The lowest BCUT2D eigenvalue weighted by Gasteiger charge is -2.38. The highest BCUT2D eigenvalue weighted by molar-refractivity contribution is 7.92. The van der Waals surface area contributed by atoms with Crippen molar-refractivity contribution in [3.05, 3.63) is 102 Å². The number of hydrogen-bond donors (Lipinski definition) is 1. The number of nitrogens with zero attached hydrogens (tertiary/aromatic N) is 2. The Morgan fingerprint density at radius 3 is 1.84 bits per heavy atom. The molecule has 0 spiro atoms. The van der Waals surface area contributed by atoms with Crippen molar-refractivity contribution in [2.75, 3.05) is 36.7 Å². The zero-order chi connectivity index (χ0) is 26.9. The van der Waals surface area contributed by atoms with E-state index in [1.54, 1.807) is 0 Å². The summed E-state index contributed by atoms with van der Waals surface area (Å²) in [5.41, 5.74) is 2.01. The van der Waals surface area contributed by atoms with Crippen LogP contribution in [0.25, 0.3) is 0 Å². The maximum atomic E-state index is 12.7. The lowest BCUT2D eigenvalue weighted by atomic mass is 9.71. The molecule has 200 valence electrons. The van der Waals surface area contributed by atoms with Crippen molar-refractivity contribution in [1.82, 2.24) is 4.90 Å². The largest absolute Gasteiger partial charge is 0.380 e. The highest BCUT2D eigenvalue weighted by Gasteiger charge is 2.40. The molecule has 0 saturated heterocycles. The van der Waals surface area contributed by atoms with Crippen LogP contribution in [0, 0.1) is 0 Å². The Labute approximate surface area is 223 Å². The third kappa shape index (κ3) is 7.01. The molecule has 3 aromatic rings. The van der Waals surface area contributed by atoms with Gasteiger partial charge in [0.25, 0.3) is 0 Å². The van der Waals surface area contributed by atoms with Crippen molar-refractivity contribution < 1.29 is 13.5 Å². The molecule has 0 amide bonds. The molecule has 2 unspecified atom stereocenters. The molecular formula is C31H42N2O3S. The zero-order valence-corrected chi connectivity index (χ0v) is 23.5. The Morgan fingerprint density at radius 1 is 0.784 bits per heavy atom. The van der Waals surface area contributed by atoms with E-state index >= 15 is 0 Å². The van der Waals surface area contributed by atoms with E-state index in [1.807, 2.05) is 72.8 Å². The van der Waals surface area contributed by atoms with Crippen molar-refractivity contribution in [1.29, 1.82) is 0 Å². The molecule has 0 aromatic heterocycles. The van der Waals surface area contributed by atoms with Crippen LogP contribution < -0.4 is 4.31 Å². The smallest absolute Gasteiger partial charge is 0.232 e. The molecule has 0 fully saturated rings. The summed E-state index contributed by atoms with van der Waals surface area (Å²) in [7, 11) is -3.46. The number of hydrogen-bond acceptors (Lipinski definition) is 4. The molecule has 1 N–H and O–H groups in total. The number of likely N-dealkylation sites (N-methyl/N-ethyl adjacent to an activating group) is 1. The van der Waals surface area contributed by atoms with E-state index in [2.05, 4.69) is 37.8 Å². The number of unbranched alkanes of at least 4 members (excludes halogenated alkanes) is 1. The van der Waals surface area contributed by atoms with E-state index in [4.69, 9.17) is 0 Å². The summed E-state index contributed by atoms with van der Waals surface area (Å²) < 4.78 is 26.8. The van der Waals surface area contributed by atoms with E-state index in [0.29, 0.717) is 18.8 Å². The number of aliphatic hydroxyl groups is 1. The van der Waals surface area contributed by atoms with Crippen LogP contribution in [-0.2, 0) is 15.6 Å². The van der Waals surface area contributed by atoms with Crippen molar-refractivity contribution in [2.24, 2.45) is 0 Å². The standard InChI is InChI=1S/C31H42N2O3S/c1-5-8-19-30(26-15-11-9-12-16-26)31(34,27-17-13-10-14-18-27)28-20-22-29(23-21-28)33(37(4,35)36)25-24-32(6-2)7-3/h9-18,20-23,30,34H,5-8,19,24-25H2,1-4H3. The molecule has 0 aliphatic rings. The predicted octanol–water partition coefficient (Wildman–Crippen LogP) is 6.00. The van der Waals surface area contributed by atoms with Crippen LogP contribution in [0.1, 0.15) is 62.6 Å². The molecule has 3 rings (SSSR count). The van der Waals surface area contributed by atoms with Gasteiger partial charge in [-0.1, -0.05) is 106 Å². The van der Waals surface area contributed by atoms with Crippen LogP contribution in [0.15, 0.2) is 84.9 Å². The first-order chi connectivity index (χ1) is 17.7. The number of sulfonamides is 1. The van der Waals surface area contributed by atoms with Crippen molar-refractivity contribution in [3.63, 3.8) is 0 Å². The van der Waals surface area contributed by atoms with Gasteiger partial charge < -0.3 is 10.0 Å². The Bertz CT molecular complexity index is 1180. The van der Waals surface area contributed by atoms with Gasteiger partial charge in [-0.15, -0.1) is 0 Å². The SMILES string of the molecule is CCCCC(c1ccccc1)C(O)(c1ccccc1)c1ccc(N(CCN(CC)CC)S(C)(=O)=O)cc1. The summed E-state index contributed by atoms with van der Waals surface area (Å²) >= 11 is 0. The molecule has 37 heavy (non-hydrogen) atoms. The summed E-state index contributed by atoms with van der Waals surface area (Å²) in [5.74, 6) is -0.157. The van der Waals surface area contributed by atoms with Gasteiger partial charge in [-0.25, -0.2) is 8.42 Å². The minimum Gasteiger partial charge on any atom is -0.380 e. The van der Waals surface area contributed by atoms with Gasteiger partial charge in [-0.2, -0.15) is 0 Å². The summed E-state index contributed by atoms with van der Waals surface area (Å²) in [6.45, 7) is 9.10. The van der Waals surface area contributed by atoms with Crippen molar-refractivity contribution in [3.8, 4) is 0 Å². The van der Waals surface area contributed by atoms with Gasteiger partial charge in [0.15, 0.2) is 0 Å². The first-order valence-electron chi connectivity index (χ1n) is 13.4. The molecule has 0 saturated carbocycles. The second-order valence-electron chi connectivity index (χ2n) is 9.65. The van der Waals surface area contributed by atoms with E-state index in [0.717, 1.165) is 49.0 Å². The van der Waals surface area contributed by atoms with Gasteiger partial charge in [-0.05, 0) is 48.3 Å². The van der Waals surface area contributed by atoms with Gasteiger partial charge in [0.2, 0.25) is 10.0 Å². The van der Waals surface area contributed by atoms with Crippen LogP contribution in [0.3, 0.4) is 0 Å². The average Bonchev–Trinajstić information content (AvgIpc) is 2.92. The molecular weight excluding hydrogens is 480 g/mol. The number of rotatable bonds is 14. The number of anilines is 1. The second kappa shape index (κ2) is 13.2. The van der Waals surface area contributed by atoms with E-state index in [-0.39, 0.29) is 5.92 Å². The summed E-state index contributed by atoms with van der Waals surface area (Å²) in [6.07, 6.45) is 4.09. The first kappa shape index (κ1) is 28.9. The average molecular weight is 523 g/mol. The van der Waals surface area contributed by atoms with Gasteiger partial charge in [0, 0.05) is 19.0 Å². The summed E-state index contributed by atoms with van der Waals surface area (Å²) in [6, 6.07) is 27.4. The van der Waals surface area contributed by atoms with E-state index < -0.39 is 15.6 Å². The lowest BCUT2D eigenvalue weighted by Crippen LogP contribution is -2.38. The normalized spacial score (nSPS) is 14.3. The monoisotopic (exact) mass is 522 g/mol. The zero-order valence-electron chi connectivity index (χ0n) is 22.7. The molecule has 0 bridgehead atoms. The molecule has 0 radical (unpaired) electrons. The van der Waals surface area contributed by atoms with E-state index in [9.17, 15) is 13.5 Å². The van der Waals surface area contributed by atoms with Gasteiger partial charge in [0.05, 0.1) is 11.9 Å². The fourth-order valence-electron chi connectivity index (χ4n) is 5.11. The molecule has 0 heterocycles. The Morgan fingerprint density at radius 2 is 1.32 bits per heavy atom. The summed E-state index contributed by atoms with van der Waals surface area (Å²) in [5, 5.41) is 12.6. The van der Waals surface area contributed by atoms with Crippen molar-refractivity contribution in [2.45, 2.75) is 51.6 Å². The minimum atomic E-state index is -3.46. The van der Waals surface area contributed by atoms with Crippen LogP contribution in [-0.4, -0.2) is 50.9 Å². The van der Waals surface area contributed by atoms with E-state index in [1.165, 1.54) is 10.6 Å². The molecule has 5 nitrogen and oxygen atoms in total. The van der Waals surface area contributed by atoms with Crippen LogP contribution in [0.5, 0.6) is 0 Å². The highest BCUT2D eigenvalue weighted by atomic mass is 32.2. The minimum absolute atomic E-state index is 0.157. The third-order valence-corrected chi connectivity index (χ3v) is 8.47. The molecule has 3 aromatic carbocycles. The third-order valence-electron chi connectivity index (χ3n) is 7.28. The van der Waals surface area contributed by atoms with Gasteiger partial charge in [-0.3, -0.25) is 4.31 Å². The fourth-order valence-corrected chi connectivity index (χ4v) is 6.03. The highest BCUT2D eigenvalue weighted by Crippen LogP contribution is 2.45. The Balaban J connectivity index is 2.07. The quantitative estimate of drug-likeness (QED) is 0.282. The Kier molecular flexibility index (Phi) is 10.3. The maximum Gasteiger partial charge on any atom is 0.232 e. The van der Waals surface area contributed by atoms with Crippen molar-refractivity contribution >= 4 is 15.7 Å². The van der Waals surface area contributed by atoms with Crippen LogP contribution in [0.4, 0.5) is 5.69 Å². The summed E-state index contributed by atoms with van der Waals surface area (Å²) in [4.78, 5) is 2.21. The second-order valence-corrected chi connectivity index (χ2v) is 11.6. The molecule has 0 aliphatic carbocycles. The molecule has 0 aliphatic heterocycles. The maximum absolute atomic E-state index is 12.7. The van der Waals surface area contributed by atoms with Gasteiger partial charge >= 0.3 is 0 Å². The van der Waals surface area contributed by atoms with Gasteiger partial charge in [0.1, 0.15) is 5.60 Å². The lowest BCUT2D eigenvalue weighted by molar-refractivity contribution is 0.0451. The molecule has 6 heteroatoms. The fraction of sp³-hybridized carbons (Fsp3) is 0.419. The predicted molar refractivity (Wildman–Crippen MR) is 155 cm³/mol. The van der Waals surface area contributed by atoms with Crippen LogP contribution in [0.2, 0.25) is 0 Å². The van der Waals surface area contributed by atoms with Crippen LogP contribution >= 0.6 is 0 Å². The Hall–Kier alpha value is -2.67. The topological polar surface area (TPSA) is 60.9 Å². The molecule has 2 atom stereocenters. The first-order valence-corrected chi connectivity index (χ1v) is 15.2.